The molecule has 0 bridgehead atoms. The number of aromatic nitrogens is 3. The van der Waals surface area contributed by atoms with Gasteiger partial charge in [-0.15, -0.1) is 0 Å². The number of nitrogens with zero attached hydrogens (tertiary/aromatic N) is 3. The number of benzene rings is 3. The second kappa shape index (κ2) is 11.1. The number of aromatic amines is 1. The van der Waals surface area contributed by atoms with Crippen LogP contribution in [-0.2, 0) is 11.6 Å². The smallest absolute Gasteiger partial charge is 0.258 e. The maximum absolute atomic E-state index is 13.4. The summed E-state index contributed by atoms with van der Waals surface area (Å²) in [6.45, 7) is 4.32. The van der Waals surface area contributed by atoms with Crippen LogP contribution in [0.1, 0.15) is 11.3 Å². The van der Waals surface area contributed by atoms with E-state index in [1.165, 1.54) is 0 Å². The Morgan fingerprint density at radius 2 is 1.73 bits per heavy atom. The van der Waals surface area contributed by atoms with E-state index in [2.05, 4.69) is 21.3 Å². The molecule has 210 valence electrons. The third kappa shape index (κ3) is 5.24. The van der Waals surface area contributed by atoms with Crippen molar-refractivity contribution in [1.82, 2.24) is 19.4 Å². The number of rotatable bonds is 6. The first-order valence-corrected chi connectivity index (χ1v) is 16.3. The number of imidazole rings is 1. The maximum atomic E-state index is 13.4. The summed E-state index contributed by atoms with van der Waals surface area (Å²) in [6, 6.07) is 19.0. The third-order valence-electron chi connectivity index (χ3n) is 7.95. The lowest BCUT2D eigenvalue weighted by Gasteiger charge is -2.31. The quantitative estimate of drug-likeness (QED) is 0.208. The Balaban J connectivity index is 1.24. The molecule has 41 heavy (non-hydrogen) atoms. The van der Waals surface area contributed by atoms with Crippen LogP contribution in [0, 0.1) is 6.92 Å². The molecule has 2 N–H and O–H groups in total. The molecule has 0 amide bonds. The van der Waals surface area contributed by atoms with E-state index in [0.717, 1.165) is 47.1 Å². The van der Waals surface area contributed by atoms with Gasteiger partial charge in [-0.25, -0.2) is 4.98 Å². The monoisotopic (exact) mass is 605 g/mol. The highest BCUT2D eigenvalue weighted by Crippen LogP contribution is 2.46. The number of H-pyrrole nitrogens is 1. The summed E-state index contributed by atoms with van der Waals surface area (Å²) in [5.41, 5.74) is 3.56. The second-order valence-electron chi connectivity index (χ2n) is 10.4. The van der Waals surface area contributed by atoms with E-state index in [0.29, 0.717) is 44.9 Å². The number of hydrogen-bond acceptors (Lipinski definition) is 5. The van der Waals surface area contributed by atoms with Gasteiger partial charge in [-0.1, -0.05) is 71.7 Å². The van der Waals surface area contributed by atoms with Crippen molar-refractivity contribution >= 4 is 75.2 Å². The summed E-state index contributed by atoms with van der Waals surface area (Å²) in [5, 5.41) is 6.62. The first kappa shape index (κ1) is 27.8. The fourth-order valence-corrected chi connectivity index (χ4v) is 8.73. The number of halogens is 2. The average molecular weight is 606 g/mol. The highest BCUT2D eigenvalue weighted by atomic mass is 35.5. The van der Waals surface area contributed by atoms with Gasteiger partial charge in [0.15, 0.2) is 0 Å². The van der Waals surface area contributed by atoms with E-state index >= 15 is 0 Å². The Labute approximate surface area is 248 Å². The summed E-state index contributed by atoms with van der Waals surface area (Å²) in [7, 11) is -0.460. The van der Waals surface area contributed by atoms with Crippen molar-refractivity contribution in [3.63, 3.8) is 0 Å². The van der Waals surface area contributed by atoms with Crippen molar-refractivity contribution < 1.29 is 4.57 Å². The van der Waals surface area contributed by atoms with Gasteiger partial charge in [-0.3, -0.25) is 9.69 Å². The lowest BCUT2D eigenvalue weighted by Crippen LogP contribution is -2.37. The standard InChI is InChI=1S/C31H30Cl2N5O2P/c1-20-22-13-14-26-29(37(2)31(35-26)36-28-23(32)10-6-11-24(28)33)27(22)30(39)34-25(20)12-7-15-38-16-18-41(40,19-17-38)21-8-4-3-5-9-21/h3-14H,15-19H2,1-2H3,(H,34,39)(H,35,36). The molecule has 0 aliphatic carbocycles. The van der Waals surface area contributed by atoms with Gasteiger partial charge in [0.1, 0.15) is 7.14 Å². The third-order valence-corrected chi connectivity index (χ3v) is 11.7. The number of hydrogen-bond donors (Lipinski definition) is 2. The molecule has 1 aliphatic rings. The topological polar surface area (TPSA) is 83.0 Å². The predicted octanol–water partition coefficient (Wildman–Crippen LogP) is 6.79. The Kier molecular flexibility index (Phi) is 7.56. The van der Waals surface area contributed by atoms with Crippen molar-refractivity contribution in [3.8, 4) is 0 Å². The van der Waals surface area contributed by atoms with Gasteiger partial charge in [0, 0.05) is 50.0 Å². The molecule has 3 aromatic carbocycles. The Morgan fingerprint density at radius 1 is 1.02 bits per heavy atom. The van der Waals surface area contributed by atoms with E-state index in [4.69, 9.17) is 28.2 Å². The first-order valence-electron chi connectivity index (χ1n) is 13.5. The number of nitrogens with one attached hydrogen (secondary N) is 2. The second-order valence-corrected chi connectivity index (χ2v) is 14.4. The Hall–Kier alpha value is -3.35. The average Bonchev–Trinajstić information content (AvgIpc) is 3.29. The van der Waals surface area contributed by atoms with Crippen molar-refractivity contribution in [1.29, 1.82) is 0 Å². The van der Waals surface area contributed by atoms with Gasteiger partial charge >= 0.3 is 0 Å². The van der Waals surface area contributed by atoms with Gasteiger partial charge in [0.05, 0.1) is 32.2 Å². The van der Waals surface area contributed by atoms with Crippen LogP contribution in [0.4, 0.5) is 11.6 Å². The van der Waals surface area contributed by atoms with Gasteiger partial charge in [0.2, 0.25) is 5.95 Å². The van der Waals surface area contributed by atoms with Gasteiger partial charge in [0.25, 0.3) is 5.56 Å². The molecule has 10 heteroatoms. The summed E-state index contributed by atoms with van der Waals surface area (Å²) in [6.07, 6.45) is 5.43. The van der Waals surface area contributed by atoms with Gasteiger partial charge in [-0.05, 0) is 42.1 Å². The summed E-state index contributed by atoms with van der Waals surface area (Å²) >= 11 is 12.7. The van der Waals surface area contributed by atoms with Crippen LogP contribution in [0.2, 0.25) is 10.0 Å². The molecule has 5 aromatic rings. The largest absolute Gasteiger partial charge is 0.323 e. The minimum atomic E-state index is -2.32. The highest BCUT2D eigenvalue weighted by molar-refractivity contribution is 7.71. The molecule has 1 saturated heterocycles. The Bertz CT molecular complexity index is 1880. The zero-order chi connectivity index (χ0) is 28.7. The van der Waals surface area contributed by atoms with E-state index < -0.39 is 7.14 Å². The van der Waals surface area contributed by atoms with Crippen molar-refractivity contribution in [2.75, 3.05) is 37.3 Å². The molecule has 1 fully saturated rings. The molecule has 1 aliphatic heterocycles. The number of fused-ring (bicyclic) bond motifs is 3. The number of pyridine rings is 1. The van der Waals surface area contributed by atoms with Gasteiger partial charge < -0.3 is 19.4 Å². The van der Waals surface area contributed by atoms with Crippen LogP contribution in [0.15, 0.2) is 71.5 Å². The Morgan fingerprint density at radius 3 is 2.44 bits per heavy atom. The predicted molar refractivity (Wildman–Crippen MR) is 172 cm³/mol. The molecule has 3 heterocycles. The van der Waals surface area contributed by atoms with Crippen LogP contribution in [0.5, 0.6) is 0 Å². The van der Waals surface area contributed by atoms with Crippen LogP contribution >= 0.6 is 30.3 Å². The van der Waals surface area contributed by atoms with E-state index in [1.807, 2.05) is 67.1 Å². The van der Waals surface area contributed by atoms with Crippen LogP contribution < -0.4 is 16.2 Å². The molecule has 6 rings (SSSR count). The summed E-state index contributed by atoms with van der Waals surface area (Å²) < 4.78 is 15.3. The fourth-order valence-electron chi connectivity index (χ4n) is 5.57. The van der Waals surface area contributed by atoms with Crippen LogP contribution in [0.25, 0.3) is 27.9 Å². The normalized spacial score (nSPS) is 15.7. The zero-order valence-corrected chi connectivity index (χ0v) is 25.2. The number of aryl methyl sites for hydroxylation is 2. The molecule has 0 saturated carbocycles. The SMILES string of the molecule is Cc1c(C=CCN2CCP(=O)(c3ccccc3)CC2)[nH]c(=O)c2c1ccc1nc(Nc3c(Cl)cccc3Cl)n(C)c12. The lowest BCUT2D eigenvalue weighted by atomic mass is 10.0. The fraction of sp³-hybridized carbons (Fsp3) is 0.226. The zero-order valence-electron chi connectivity index (χ0n) is 22.8. The highest BCUT2D eigenvalue weighted by Gasteiger charge is 2.29. The van der Waals surface area contributed by atoms with E-state index in [9.17, 15) is 9.36 Å². The first-order chi connectivity index (χ1) is 19.7. The summed E-state index contributed by atoms with van der Waals surface area (Å²) in [5.74, 6) is 0.530. The van der Waals surface area contributed by atoms with Crippen molar-refractivity contribution in [2.24, 2.45) is 7.05 Å². The molecular weight excluding hydrogens is 576 g/mol. The molecule has 0 spiro atoms. The molecule has 0 atom stereocenters. The molecule has 2 aromatic heterocycles. The molecule has 7 nitrogen and oxygen atoms in total. The van der Waals surface area contributed by atoms with Crippen molar-refractivity contribution in [2.45, 2.75) is 6.92 Å². The molecular formula is C31H30Cl2N5O2P. The van der Waals surface area contributed by atoms with Gasteiger partial charge in [-0.2, -0.15) is 0 Å². The van der Waals surface area contributed by atoms with E-state index in [-0.39, 0.29) is 5.56 Å². The number of para-hydroxylation sites is 1. The maximum Gasteiger partial charge on any atom is 0.258 e. The summed E-state index contributed by atoms with van der Waals surface area (Å²) in [4.78, 5) is 23.5. The molecule has 0 unspecified atom stereocenters. The minimum absolute atomic E-state index is 0.178. The van der Waals surface area contributed by atoms with Crippen molar-refractivity contribution in [3.05, 3.63) is 98.4 Å². The minimum Gasteiger partial charge on any atom is -0.323 e. The lowest BCUT2D eigenvalue weighted by molar-refractivity contribution is 0.328. The van der Waals surface area contributed by atoms with Crippen LogP contribution in [-0.4, -0.2) is 51.4 Å². The van der Waals surface area contributed by atoms with E-state index in [1.54, 1.807) is 18.2 Å². The van der Waals surface area contributed by atoms with Crippen LogP contribution in [0.3, 0.4) is 0 Å². The molecule has 0 radical (unpaired) electrons. The number of anilines is 2.